The number of likely N-dealkylation sites (tertiary alicyclic amines) is 2. The average Bonchev–Trinajstić information content (AvgIpc) is 3.67. The molecule has 2 aliphatic heterocycles. The zero-order chi connectivity index (χ0) is 29.9. The summed E-state index contributed by atoms with van der Waals surface area (Å²) in [5, 5.41) is 0. The predicted octanol–water partition coefficient (Wildman–Crippen LogP) is 12.4. The molecule has 0 aromatic heterocycles. The molecule has 0 radical (unpaired) electrons. The molecule has 0 aromatic carbocycles. The molecule has 0 saturated carbocycles. The van der Waals surface area contributed by atoms with Crippen molar-refractivity contribution < 1.29 is 8.97 Å². The van der Waals surface area contributed by atoms with Gasteiger partial charge in [-0.3, -0.25) is 0 Å². The van der Waals surface area contributed by atoms with E-state index < -0.39 is 0 Å². The van der Waals surface area contributed by atoms with Crippen molar-refractivity contribution in [2.24, 2.45) is 0 Å². The molecule has 0 bridgehead atoms. The highest BCUT2D eigenvalue weighted by atomic mass is 15.4. The van der Waals surface area contributed by atoms with Crippen LogP contribution in [0.2, 0.25) is 0 Å². The maximum absolute atomic E-state index is 2.32. The molecule has 0 aromatic rings. The summed E-state index contributed by atoms with van der Waals surface area (Å²) in [6, 6.07) is 0. The minimum atomic E-state index is 1.37. The Hall–Kier alpha value is -0.0800. The molecule has 2 heterocycles. The van der Waals surface area contributed by atoms with Gasteiger partial charge in [0.05, 0.1) is 52.4 Å². The lowest BCUT2D eigenvalue weighted by molar-refractivity contribution is -0.923. The van der Waals surface area contributed by atoms with Gasteiger partial charge in [0, 0.05) is 38.5 Å². The van der Waals surface area contributed by atoms with E-state index in [-0.39, 0.29) is 0 Å². The Balaban J connectivity index is 1.48. The van der Waals surface area contributed by atoms with Gasteiger partial charge in [0.1, 0.15) is 0 Å². The zero-order valence-electron chi connectivity index (χ0n) is 29.8. The van der Waals surface area contributed by atoms with Crippen LogP contribution in [0, 0.1) is 0 Å². The van der Waals surface area contributed by atoms with Gasteiger partial charge in [0.25, 0.3) is 0 Å². The molecule has 2 rings (SSSR count). The lowest BCUT2D eigenvalue weighted by Gasteiger charge is -2.37. The smallest absolute Gasteiger partial charge is 0.0788 e. The zero-order valence-corrected chi connectivity index (χ0v) is 29.8. The normalized spacial score (nSPS) is 17.9. The standard InChI is InChI=1S/C40H82N2/c1-3-5-7-9-11-13-15-17-19-21-23-25-33-41(35-27-28-36-41)39-31-32-40-42(37-29-30-38-42)34-26-24-22-20-18-16-14-12-10-8-6-4-2/h3-40H2,1-2H3/q+2. The maximum atomic E-state index is 2.32. The van der Waals surface area contributed by atoms with Crippen molar-refractivity contribution in [3.63, 3.8) is 0 Å². The Bertz CT molecular complexity index is 510. The molecule has 42 heavy (non-hydrogen) atoms. The fourth-order valence-corrected chi connectivity index (χ4v) is 8.60. The molecular formula is C40H82N2+2. The summed E-state index contributed by atoms with van der Waals surface area (Å²) in [5.41, 5.74) is 0. The molecule has 250 valence electrons. The van der Waals surface area contributed by atoms with Gasteiger partial charge in [0.15, 0.2) is 0 Å². The highest BCUT2D eigenvalue weighted by Crippen LogP contribution is 2.25. The summed E-state index contributed by atoms with van der Waals surface area (Å²) in [5.74, 6) is 0. The lowest BCUT2D eigenvalue weighted by atomic mass is 10.0. The monoisotopic (exact) mass is 591 g/mol. The largest absolute Gasteiger partial charge is 0.324 e. The average molecular weight is 591 g/mol. The van der Waals surface area contributed by atoms with E-state index in [4.69, 9.17) is 0 Å². The van der Waals surface area contributed by atoms with Crippen LogP contribution in [0.5, 0.6) is 0 Å². The Labute approximate surface area is 267 Å². The van der Waals surface area contributed by atoms with Gasteiger partial charge in [-0.15, -0.1) is 0 Å². The van der Waals surface area contributed by atoms with Crippen molar-refractivity contribution in [1.82, 2.24) is 0 Å². The van der Waals surface area contributed by atoms with Crippen molar-refractivity contribution in [1.29, 1.82) is 0 Å². The number of nitrogens with zero attached hydrogens (tertiary/aromatic N) is 2. The fourth-order valence-electron chi connectivity index (χ4n) is 8.60. The quantitative estimate of drug-likeness (QED) is 0.0556. The van der Waals surface area contributed by atoms with Crippen LogP contribution in [-0.4, -0.2) is 61.3 Å². The van der Waals surface area contributed by atoms with E-state index in [9.17, 15) is 0 Å². The maximum Gasteiger partial charge on any atom is 0.0788 e. The van der Waals surface area contributed by atoms with E-state index in [0.717, 1.165) is 0 Å². The number of hydrogen-bond acceptors (Lipinski definition) is 0. The van der Waals surface area contributed by atoms with E-state index in [2.05, 4.69) is 13.8 Å². The summed E-state index contributed by atoms with van der Waals surface area (Å²) < 4.78 is 2.99. The summed E-state index contributed by atoms with van der Waals surface area (Å²) in [6.45, 7) is 16.6. The minimum Gasteiger partial charge on any atom is -0.324 e. The third kappa shape index (κ3) is 18.7. The molecule has 2 saturated heterocycles. The van der Waals surface area contributed by atoms with Gasteiger partial charge in [0.2, 0.25) is 0 Å². The first-order valence-corrected chi connectivity index (χ1v) is 20.4. The molecule has 0 spiro atoms. The third-order valence-electron chi connectivity index (χ3n) is 11.5. The first-order chi connectivity index (χ1) is 20.7. The summed E-state index contributed by atoms with van der Waals surface area (Å²) in [6.07, 6.45) is 44.4. The number of hydrogen-bond donors (Lipinski definition) is 0. The molecule has 2 nitrogen and oxygen atoms in total. The Morgan fingerprint density at radius 2 is 0.452 bits per heavy atom. The van der Waals surface area contributed by atoms with Crippen LogP contribution in [0.4, 0.5) is 0 Å². The van der Waals surface area contributed by atoms with E-state index in [1.807, 2.05) is 0 Å². The topological polar surface area (TPSA) is 0 Å². The Morgan fingerprint density at radius 1 is 0.262 bits per heavy atom. The van der Waals surface area contributed by atoms with Gasteiger partial charge >= 0.3 is 0 Å². The second-order valence-electron chi connectivity index (χ2n) is 15.4. The van der Waals surface area contributed by atoms with Crippen LogP contribution in [-0.2, 0) is 0 Å². The van der Waals surface area contributed by atoms with E-state index >= 15 is 0 Å². The number of unbranched alkanes of at least 4 members (excludes halogenated alkanes) is 23. The van der Waals surface area contributed by atoms with Gasteiger partial charge in [-0.05, 0) is 25.7 Å². The number of quaternary nitrogens is 2. The van der Waals surface area contributed by atoms with Crippen LogP contribution in [0.1, 0.15) is 206 Å². The molecule has 2 aliphatic rings. The van der Waals surface area contributed by atoms with Crippen molar-refractivity contribution >= 4 is 0 Å². The van der Waals surface area contributed by atoms with Crippen molar-refractivity contribution in [3.05, 3.63) is 0 Å². The van der Waals surface area contributed by atoms with Gasteiger partial charge in [-0.25, -0.2) is 0 Å². The van der Waals surface area contributed by atoms with E-state index in [0.29, 0.717) is 0 Å². The van der Waals surface area contributed by atoms with Crippen LogP contribution in [0.3, 0.4) is 0 Å². The predicted molar refractivity (Wildman–Crippen MR) is 189 cm³/mol. The molecule has 0 unspecified atom stereocenters. The molecule has 2 heteroatoms. The molecule has 0 N–H and O–H groups in total. The summed E-state index contributed by atoms with van der Waals surface area (Å²) in [7, 11) is 0. The van der Waals surface area contributed by atoms with Crippen LogP contribution < -0.4 is 0 Å². The molecule has 0 amide bonds. The van der Waals surface area contributed by atoms with Gasteiger partial charge in [-0.2, -0.15) is 0 Å². The second kappa shape index (κ2) is 26.2. The Kier molecular flexibility index (Phi) is 23.7. The first-order valence-electron chi connectivity index (χ1n) is 20.4. The first kappa shape index (κ1) is 38.1. The minimum absolute atomic E-state index is 1.37. The number of rotatable bonds is 31. The van der Waals surface area contributed by atoms with Gasteiger partial charge in [-0.1, -0.05) is 142 Å². The molecular weight excluding hydrogens is 508 g/mol. The highest BCUT2D eigenvalue weighted by Gasteiger charge is 2.33. The molecule has 2 fully saturated rings. The SMILES string of the molecule is CCCCCCCCCCCCCC[N+]1(CCCC[N+]2(CCCCCCCCCCCCCC)CCCC2)CCCC1. The third-order valence-corrected chi connectivity index (χ3v) is 11.5. The van der Waals surface area contributed by atoms with E-state index in [1.54, 1.807) is 0 Å². The van der Waals surface area contributed by atoms with Crippen LogP contribution in [0.25, 0.3) is 0 Å². The van der Waals surface area contributed by atoms with E-state index in [1.165, 1.54) is 254 Å². The summed E-state index contributed by atoms with van der Waals surface area (Å²) in [4.78, 5) is 0. The second-order valence-corrected chi connectivity index (χ2v) is 15.4. The van der Waals surface area contributed by atoms with Crippen molar-refractivity contribution in [2.75, 3.05) is 52.4 Å². The summed E-state index contributed by atoms with van der Waals surface area (Å²) >= 11 is 0. The Morgan fingerprint density at radius 3 is 0.690 bits per heavy atom. The van der Waals surface area contributed by atoms with Crippen LogP contribution in [0.15, 0.2) is 0 Å². The molecule has 0 aliphatic carbocycles. The lowest BCUT2D eigenvalue weighted by Crippen LogP contribution is -2.48. The van der Waals surface area contributed by atoms with Crippen molar-refractivity contribution in [3.8, 4) is 0 Å². The van der Waals surface area contributed by atoms with Crippen LogP contribution >= 0.6 is 0 Å². The van der Waals surface area contributed by atoms with Gasteiger partial charge < -0.3 is 8.97 Å². The molecule has 0 atom stereocenters. The fraction of sp³-hybridized carbons (Fsp3) is 1.00. The highest BCUT2D eigenvalue weighted by molar-refractivity contribution is 4.60. The van der Waals surface area contributed by atoms with Crippen molar-refractivity contribution in [2.45, 2.75) is 206 Å².